The van der Waals surface area contributed by atoms with E-state index in [1.807, 2.05) is 4.90 Å². The summed E-state index contributed by atoms with van der Waals surface area (Å²) in [5, 5.41) is 14.2. The number of carboxylic acids is 1. The summed E-state index contributed by atoms with van der Waals surface area (Å²) in [6.07, 6.45) is 0. The summed E-state index contributed by atoms with van der Waals surface area (Å²) >= 11 is 0. The number of carbonyl (C=O) groups excluding carboxylic acids is 2. The van der Waals surface area contributed by atoms with E-state index in [4.69, 9.17) is 5.11 Å². The fourth-order valence-corrected chi connectivity index (χ4v) is 1.99. The van der Waals surface area contributed by atoms with Crippen molar-refractivity contribution in [1.29, 1.82) is 0 Å². The molecule has 20 heavy (non-hydrogen) atoms. The Hall–Kier alpha value is -1.83. The molecule has 1 unspecified atom stereocenters. The van der Waals surface area contributed by atoms with Crippen LogP contribution in [0, 0.1) is 0 Å². The molecule has 0 spiro atoms. The zero-order chi connectivity index (χ0) is 15.1. The predicted molar refractivity (Wildman–Crippen MR) is 72.3 cm³/mol. The molecule has 1 rings (SSSR count). The van der Waals surface area contributed by atoms with Crippen molar-refractivity contribution in [2.75, 3.05) is 39.3 Å². The van der Waals surface area contributed by atoms with Crippen molar-refractivity contribution in [3.05, 3.63) is 0 Å². The highest BCUT2D eigenvalue weighted by atomic mass is 16.4. The Bertz CT molecular complexity index is 366. The van der Waals surface area contributed by atoms with Gasteiger partial charge < -0.3 is 20.6 Å². The molecule has 1 saturated heterocycles. The number of amides is 3. The quantitative estimate of drug-likeness (QED) is 0.558. The van der Waals surface area contributed by atoms with Crippen LogP contribution in [0.2, 0.25) is 0 Å². The number of nitrogens with zero attached hydrogens (tertiary/aromatic N) is 2. The number of rotatable bonds is 5. The average Bonchev–Trinajstić information content (AvgIpc) is 2.42. The molecule has 1 heterocycles. The van der Waals surface area contributed by atoms with E-state index < -0.39 is 12.0 Å². The van der Waals surface area contributed by atoms with Gasteiger partial charge in [-0.3, -0.25) is 14.5 Å². The van der Waals surface area contributed by atoms with Crippen LogP contribution < -0.4 is 10.6 Å². The van der Waals surface area contributed by atoms with Crippen LogP contribution in [0.25, 0.3) is 0 Å². The van der Waals surface area contributed by atoms with Crippen molar-refractivity contribution in [2.24, 2.45) is 0 Å². The predicted octanol–water partition coefficient (Wildman–Crippen LogP) is -1.08. The van der Waals surface area contributed by atoms with E-state index in [0.29, 0.717) is 39.3 Å². The zero-order valence-corrected chi connectivity index (χ0v) is 11.9. The molecule has 114 valence electrons. The van der Waals surface area contributed by atoms with Crippen molar-refractivity contribution >= 4 is 17.9 Å². The van der Waals surface area contributed by atoms with Gasteiger partial charge in [0, 0.05) is 46.2 Å². The SMILES string of the molecule is CC(=O)NCCNC(=O)N1CCN(C(C)C(=O)O)CC1. The standard InChI is InChI=1S/C12H22N4O4/c1-9(11(18)19)15-5-7-16(8-6-15)12(20)14-4-3-13-10(2)17/h9H,3-8H2,1-2H3,(H,13,17)(H,14,20)(H,18,19). The second kappa shape index (κ2) is 7.68. The molecule has 0 radical (unpaired) electrons. The van der Waals surface area contributed by atoms with Gasteiger partial charge in [0.2, 0.25) is 5.91 Å². The Kier molecular flexibility index (Phi) is 6.23. The van der Waals surface area contributed by atoms with Crippen LogP contribution in [0.5, 0.6) is 0 Å². The van der Waals surface area contributed by atoms with Gasteiger partial charge in [-0.2, -0.15) is 0 Å². The molecular formula is C12H22N4O4. The molecule has 1 aliphatic heterocycles. The van der Waals surface area contributed by atoms with Crippen molar-refractivity contribution in [2.45, 2.75) is 19.9 Å². The molecule has 1 fully saturated rings. The molecule has 0 saturated carbocycles. The number of carbonyl (C=O) groups is 3. The monoisotopic (exact) mass is 286 g/mol. The van der Waals surface area contributed by atoms with E-state index in [1.54, 1.807) is 11.8 Å². The highest BCUT2D eigenvalue weighted by Gasteiger charge is 2.26. The molecule has 0 bridgehead atoms. The van der Waals surface area contributed by atoms with E-state index in [1.165, 1.54) is 6.92 Å². The average molecular weight is 286 g/mol. The normalized spacial score (nSPS) is 17.4. The molecule has 0 aromatic rings. The molecule has 8 heteroatoms. The van der Waals surface area contributed by atoms with Gasteiger partial charge in [0.05, 0.1) is 0 Å². The smallest absolute Gasteiger partial charge is 0.320 e. The fraction of sp³-hybridized carbons (Fsp3) is 0.750. The Morgan fingerprint density at radius 3 is 2.15 bits per heavy atom. The Morgan fingerprint density at radius 2 is 1.65 bits per heavy atom. The summed E-state index contributed by atoms with van der Waals surface area (Å²) in [5.41, 5.74) is 0. The van der Waals surface area contributed by atoms with Gasteiger partial charge >= 0.3 is 12.0 Å². The summed E-state index contributed by atoms with van der Waals surface area (Å²) in [7, 11) is 0. The van der Waals surface area contributed by atoms with Crippen LogP contribution in [0.1, 0.15) is 13.8 Å². The summed E-state index contributed by atoms with van der Waals surface area (Å²) in [4.78, 5) is 36.8. The van der Waals surface area contributed by atoms with E-state index in [2.05, 4.69) is 10.6 Å². The minimum Gasteiger partial charge on any atom is -0.480 e. The second-order valence-corrected chi connectivity index (χ2v) is 4.75. The highest BCUT2D eigenvalue weighted by molar-refractivity contribution is 5.75. The number of aliphatic carboxylic acids is 1. The van der Waals surface area contributed by atoms with E-state index in [-0.39, 0.29) is 11.9 Å². The first-order valence-corrected chi connectivity index (χ1v) is 6.66. The van der Waals surface area contributed by atoms with Crippen LogP contribution in [-0.2, 0) is 9.59 Å². The molecule has 0 aromatic heterocycles. The topological polar surface area (TPSA) is 102 Å². The third-order valence-electron chi connectivity index (χ3n) is 3.28. The maximum atomic E-state index is 11.8. The Balaban J connectivity index is 2.25. The molecule has 3 amide bonds. The summed E-state index contributed by atoms with van der Waals surface area (Å²) < 4.78 is 0. The maximum absolute atomic E-state index is 11.8. The van der Waals surface area contributed by atoms with Crippen molar-refractivity contribution in [1.82, 2.24) is 20.4 Å². The first-order chi connectivity index (χ1) is 9.41. The largest absolute Gasteiger partial charge is 0.480 e. The van der Waals surface area contributed by atoms with Gasteiger partial charge in [-0.15, -0.1) is 0 Å². The van der Waals surface area contributed by atoms with E-state index in [9.17, 15) is 14.4 Å². The van der Waals surface area contributed by atoms with Gasteiger partial charge in [-0.05, 0) is 6.92 Å². The summed E-state index contributed by atoms with van der Waals surface area (Å²) in [5.74, 6) is -0.978. The molecular weight excluding hydrogens is 264 g/mol. The molecule has 1 aliphatic rings. The maximum Gasteiger partial charge on any atom is 0.320 e. The van der Waals surface area contributed by atoms with Crippen LogP contribution in [-0.4, -0.2) is 78.1 Å². The van der Waals surface area contributed by atoms with Gasteiger partial charge in [0.25, 0.3) is 0 Å². The number of piperazine rings is 1. The number of hydrogen-bond donors (Lipinski definition) is 3. The minimum atomic E-state index is -0.849. The third-order valence-corrected chi connectivity index (χ3v) is 3.28. The number of hydrogen-bond acceptors (Lipinski definition) is 4. The first kappa shape index (κ1) is 16.2. The number of urea groups is 1. The lowest BCUT2D eigenvalue weighted by Gasteiger charge is -2.36. The lowest BCUT2D eigenvalue weighted by Crippen LogP contribution is -2.55. The second-order valence-electron chi connectivity index (χ2n) is 4.75. The fourth-order valence-electron chi connectivity index (χ4n) is 1.99. The van der Waals surface area contributed by atoms with Crippen molar-refractivity contribution in [3.8, 4) is 0 Å². The molecule has 1 atom stereocenters. The lowest BCUT2D eigenvalue weighted by molar-refractivity contribution is -0.143. The molecule has 0 aliphatic carbocycles. The van der Waals surface area contributed by atoms with E-state index in [0.717, 1.165) is 0 Å². The Morgan fingerprint density at radius 1 is 1.10 bits per heavy atom. The van der Waals surface area contributed by atoms with Gasteiger partial charge in [0.1, 0.15) is 6.04 Å². The molecule has 0 aromatic carbocycles. The van der Waals surface area contributed by atoms with Gasteiger partial charge in [0.15, 0.2) is 0 Å². The van der Waals surface area contributed by atoms with Crippen LogP contribution >= 0.6 is 0 Å². The summed E-state index contributed by atoms with van der Waals surface area (Å²) in [6, 6.07) is -0.710. The number of nitrogens with one attached hydrogen (secondary N) is 2. The zero-order valence-electron chi connectivity index (χ0n) is 11.9. The first-order valence-electron chi connectivity index (χ1n) is 6.66. The van der Waals surface area contributed by atoms with Crippen molar-refractivity contribution in [3.63, 3.8) is 0 Å². The summed E-state index contributed by atoms with van der Waals surface area (Å²) in [6.45, 7) is 5.95. The van der Waals surface area contributed by atoms with Crippen LogP contribution in [0.15, 0.2) is 0 Å². The molecule has 3 N–H and O–H groups in total. The van der Waals surface area contributed by atoms with Crippen LogP contribution in [0.4, 0.5) is 4.79 Å². The van der Waals surface area contributed by atoms with Gasteiger partial charge in [-0.25, -0.2) is 4.79 Å². The molecule has 8 nitrogen and oxygen atoms in total. The highest BCUT2D eigenvalue weighted by Crippen LogP contribution is 2.06. The Labute approximate surface area is 118 Å². The lowest BCUT2D eigenvalue weighted by atomic mass is 10.2. The number of carboxylic acid groups (broad SMARTS) is 1. The third kappa shape index (κ3) is 5.04. The minimum absolute atomic E-state index is 0.129. The van der Waals surface area contributed by atoms with E-state index >= 15 is 0 Å². The van der Waals surface area contributed by atoms with Gasteiger partial charge in [-0.1, -0.05) is 0 Å². The van der Waals surface area contributed by atoms with Crippen LogP contribution in [0.3, 0.4) is 0 Å². The van der Waals surface area contributed by atoms with Crippen molar-refractivity contribution < 1.29 is 19.5 Å².